The van der Waals surface area contributed by atoms with Gasteiger partial charge < -0.3 is 9.42 Å². The Balaban J connectivity index is 1.38. The molecule has 1 unspecified atom stereocenters. The Morgan fingerprint density at radius 1 is 1.22 bits per heavy atom. The molecule has 1 amide bonds. The Morgan fingerprint density at radius 2 is 2.04 bits per heavy atom. The van der Waals surface area contributed by atoms with Crippen molar-refractivity contribution >= 4 is 28.8 Å². The standard InChI is InChI=1S/C19H19ClN4O2S/c1-13(18-21-17(22-26-18)16-6-3-11-27-16)23-7-9-24(10-8-23)19(25)14-4-2-5-15(20)12-14/h2-6,11-13H,7-10H2,1H3. The molecule has 1 fully saturated rings. The minimum Gasteiger partial charge on any atom is -0.337 e. The van der Waals surface area contributed by atoms with Gasteiger partial charge in [-0.2, -0.15) is 4.98 Å². The van der Waals surface area contributed by atoms with E-state index in [1.807, 2.05) is 22.4 Å². The average molecular weight is 403 g/mol. The highest BCUT2D eigenvalue weighted by Gasteiger charge is 2.28. The maximum absolute atomic E-state index is 12.6. The normalized spacial score (nSPS) is 16.4. The number of thiophene rings is 1. The van der Waals surface area contributed by atoms with E-state index in [2.05, 4.69) is 22.0 Å². The highest BCUT2D eigenvalue weighted by atomic mass is 35.5. The highest BCUT2D eigenvalue weighted by Crippen LogP contribution is 2.26. The van der Waals surface area contributed by atoms with Gasteiger partial charge in [0.1, 0.15) is 0 Å². The number of carbonyl (C=O) groups excluding carboxylic acids is 1. The van der Waals surface area contributed by atoms with Crippen LogP contribution in [-0.2, 0) is 0 Å². The third-order valence-corrected chi connectivity index (χ3v) is 5.86. The molecule has 1 saturated heterocycles. The summed E-state index contributed by atoms with van der Waals surface area (Å²) in [5.74, 6) is 1.25. The van der Waals surface area contributed by atoms with Gasteiger partial charge in [-0.25, -0.2) is 0 Å². The molecule has 0 aliphatic carbocycles. The number of amides is 1. The van der Waals surface area contributed by atoms with Gasteiger partial charge in [0.15, 0.2) is 0 Å². The van der Waals surface area contributed by atoms with Crippen LogP contribution in [0.1, 0.15) is 29.2 Å². The van der Waals surface area contributed by atoms with Crippen LogP contribution in [0.2, 0.25) is 5.02 Å². The first kappa shape index (κ1) is 18.2. The van der Waals surface area contributed by atoms with Crippen LogP contribution in [0.3, 0.4) is 0 Å². The molecule has 8 heteroatoms. The predicted molar refractivity (Wildman–Crippen MR) is 105 cm³/mol. The number of hydrogen-bond donors (Lipinski definition) is 0. The summed E-state index contributed by atoms with van der Waals surface area (Å²) in [4.78, 5) is 22.3. The maximum atomic E-state index is 12.6. The Bertz CT molecular complexity index is 919. The van der Waals surface area contributed by atoms with Crippen LogP contribution < -0.4 is 0 Å². The van der Waals surface area contributed by atoms with Crippen molar-refractivity contribution in [2.24, 2.45) is 0 Å². The van der Waals surface area contributed by atoms with Crippen molar-refractivity contribution in [1.29, 1.82) is 0 Å². The largest absolute Gasteiger partial charge is 0.337 e. The van der Waals surface area contributed by atoms with Crippen LogP contribution in [0, 0.1) is 0 Å². The molecule has 2 aromatic heterocycles. The van der Waals surface area contributed by atoms with Crippen LogP contribution in [-0.4, -0.2) is 52.0 Å². The maximum Gasteiger partial charge on any atom is 0.253 e. The van der Waals surface area contributed by atoms with Gasteiger partial charge in [0.25, 0.3) is 5.91 Å². The third kappa shape index (κ3) is 3.90. The summed E-state index contributed by atoms with van der Waals surface area (Å²) in [5.41, 5.74) is 0.626. The zero-order valence-electron chi connectivity index (χ0n) is 14.8. The number of halogens is 1. The lowest BCUT2D eigenvalue weighted by Gasteiger charge is -2.36. The number of hydrogen-bond acceptors (Lipinski definition) is 6. The first-order valence-corrected chi connectivity index (χ1v) is 10.0. The van der Waals surface area contributed by atoms with Gasteiger partial charge in [0.05, 0.1) is 10.9 Å². The van der Waals surface area contributed by atoms with E-state index >= 15 is 0 Å². The number of piperazine rings is 1. The molecule has 0 saturated carbocycles. The predicted octanol–water partition coefficient (Wildman–Crippen LogP) is 3.97. The van der Waals surface area contributed by atoms with E-state index in [4.69, 9.17) is 16.1 Å². The van der Waals surface area contributed by atoms with Crippen LogP contribution in [0.4, 0.5) is 0 Å². The van der Waals surface area contributed by atoms with Crippen molar-refractivity contribution in [3.05, 3.63) is 58.3 Å². The monoisotopic (exact) mass is 402 g/mol. The van der Waals surface area contributed by atoms with Gasteiger partial charge in [-0.1, -0.05) is 28.9 Å². The lowest BCUT2D eigenvalue weighted by molar-refractivity contribution is 0.0551. The molecule has 27 heavy (non-hydrogen) atoms. The SMILES string of the molecule is CC(c1nc(-c2cccs2)no1)N1CCN(C(=O)c2cccc(Cl)c2)CC1. The number of benzene rings is 1. The molecule has 1 atom stereocenters. The van der Waals surface area contributed by atoms with E-state index in [0.29, 0.717) is 35.4 Å². The van der Waals surface area contributed by atoms with Crippen LogP contribution in [0.15, 0.2) is 46.3 Å². The van der Waals surface area contributed by atoms with Crippen LogP contribution in [0.5, 0.6) is 0 Å². The zero-order valence-corrected chi connectivity index (χ0v) is 16.4. The van der Waals surface area contributed by atoms with E-state index in [1.165, 1.54) is 0 Å². The molecule has 0 bridgehead atoms. The fourth-order valence-corrected chi connectivity index (χ4v) is 4.02. The van der Waals surface area contributed by atoms with Crippen molar-refractivity contribution in [2.45, 2.75) is 13.0 Å². The number of aromatic nitrogens is 2. The Kier molecular flexibility index (Phi) is 5.24. The summed E-state index contributed by atoms with van der Waals surface area (Å²) in [7, 11) is 0. The smallest absolute Gasteiger partial charge is 0.253 e. The van der Waals surface area contributed by atoms with E-state index in [0.717, 1.165) is 18.0 Å². The zero-order chi connectivity index (χ0) is 18.8. The van der Waals surface area contributed by atoms with Crippen LogP contribution >= 0.6 is 22.9 Å². The second-order valence-corrected chi connectivity index (χ2v) is 7.83. The number of nitrogens with zero attached hydrogens (tertiary/aromatic N) is 4. The number of carbonyl (C=O) groups is 1. The summed E-state index contributed by atoms with van der Waals surface area (Å²) in [5, 5.41) is 6.65. The van der Waals surface area contributed by atoms with Gasteiger partial charge in [0, 0.05) is 36.8 Å². The van der Waals surface area contributed by atoms with Gasteiger partial charge in [0.2, 0.25) is 11.7 Å². The quantitative estimate of drug-likeness (QED) is 0.660. The highest BCUT2D eigenvalue weighted by molar-refractivity contribution is 7.13. The second kappa shape index (κ2) is 7.80. The van der Waals surface area contributed by atoms with E-state index in [1.54, 1.807) is 35.6 Å². The number of rotatable bonds is 4. The molecular formula is C19H19ClN4O2S. The van der Waals surface area contributed by atoms with Crippen molar-refractivity contribution in [2.75, 3.05) is 26.2 Å². The lowest BCUT2D eigenvalue weighted by atomic mass is 10.1. The Labute approximate surface area is 166 Å². The summed E-state index contributed by atoms with van der Waals surface area (Å²) >= 11 is 7.58. The Hall–Kier alpha value is -2.22. The van der Waals surface area contributed by atoms with Crippen molar-refractivity contribution < 1.29 is 9.32 Å². The summed E-state index contributed by atoms with van der Waals surface area (Å²) < 4.78 is 5.47. The summed E-state index contributed by atoms with van der Waals surface area (Å²) in [6, 6.07) is 11.0. The van der Waals surface area contributed by atoms with E-state index < -0.39 is 0 Å². The molecule has 3 aromatic rings. The first-order chi connectivity index (χ1) is 13.1. The molecule has 140 valence electrons. The van der Waals surface area contributed by atoms with Gasteiger partial charge in [-0.15, -0.1) is 11.3 Å². The van der Waals surface area contributed by atoms with E-state index in [-0.39, 0.29) is 11.9 Å². The second-order valence-electron chi connectivity index (χ2n) is 6.45. The first-order valence-electron chi connectivity index (χ1n) is 8.78. The van der Waals surface area contributed by atoms with Crippen LogP contribution in [0.25, 0.3) is 10.7 Å². The van der Waals surface area contributed by atoms with Crippen molar-refractivity contribution in [3.63, 3.8) is 0 Å². The van der Waals surface area contributed by atoms with Gasteiger partial charge in [-0.3, -0.25) is 9.69 Å². The molecule has 0 radical (unpaired) electrons. The fraction of sp³-hybridized carbons (Fsp3) is 0.316. The summed E-state index contributed by atoms with van der Waals surface area (Å²) in [6.45, 7) is 4.87. The third-order valence-electron chi connectivity index (χ3n) is 4.76. The molecule has 0 N–H and O–H groups in total. The molecular weight excluding hydrogens is 384 g/mol. The molecule has 1 aliphatic rings. The Morgan fingerprint density at radius 3 is 2.74 bits per heavy atom. The van der Waals surface area contributed by atoms with E-state index in [9.17, 15) is 4.79 Å². The van der Waals surface area contributed by atoms with Gasteiger partial charge >= 0.3 is 0 Å². The topological polar surface area (TPSA) is 62.5 Å². The van der Waals surface area contributed by atoms with Crippen molar-refractivity contribution in [1.82, 2.24) is 19.9 Å². The van der Waals surface area contributed by atoms with Crippen molar-refractivity contribution in [3.8, 4) is 10.7 Å². The molecule has 1 aromatic carbocycles. The lowest BCUT2D eigenvalue weighted by Crippen LogP contribution is -2.49. The fourth-order valence-electron chi connectivity index (χ4n) is 3.18. The molecule has 3 heterocycles. The van der Waals surface area contributed by atoms with Gasteiger partial charge in [-0.05, 0) is 36.6 Å². The minimum atomic E-state index is 0.00892. The molecule has 1 aliphatic heterocycles. The molecule has 0 spiro atoms. The molecule has 4 rings (SSSR count). The average Bonchev–Trinajstić information content (AvgIpc) is 3.38. The molecule has 6 nitrogen and oxygen atoms in total. The minimum absolute atomic E-state index is 0.00892. The summed E-state index contributed by atoms with van der Waals surface area (Å²) in [6.07, 6.45) is 0.